The van der Waals surface area contributed by atoms with E-state index in [9.17, 15) is 0 Å². The Hall–Kier alpha value is -1.39. The van der Waals surface area contributed by atoms with Crippen LogP contribution < -0.4 is 5.32 Å². The second-order valence-corrected chi connectivity index (χ2v) is 5.16. The Morgan fingerprint density at radius 1 is 1.47 bits per heavy atom. The SMILES string of the molecule is CCc1nc2ccc(CC3CNCCO3)cc2n1C. The van der Waals surface area contributed by atoms with E-state index in [0.29, 0.717) is 6.10 Å². The fourth-order valence-electron chi connectivity index (χ4n) is 2.74. The van der Waals surface area contributed by atoms with Crippen molar-refractivity contribution in [3.05, 3.63) is 29.6 Å². The molecule has 1 aliphatic rings. The van der Waals surface area contributed by atoms with E-state index in [1.54, 1.807) is 0 Å². The molecule has 0 radical (unpaired) electrons. The summed E-state index contributed by atoms with van der Waals surface area (Å²) in [5, 5.41) is 3.37. The summed E-state index contributed by atoms with van der Waals surface area (Å²) in [6.07, 6.45) is 2.23. The van der Waals surface area contributed by atoms with E-state index in [-0.39, 0.29) is 0 Å². The number of nitrogens with zero attached hydrogens (tertiary/aromatic N) is 2. The van der Waals surface area contributed by atoms with Gasteiger partial charge < -0.3 is 14.6 Å². The van der Waals surface area contributed by atoms with Gasteiger partial charge in [0.05, 0.1) is 23.7 Å². The molecule has 0 aliphatic carbocycles. The lowest BCUT2D eigenvalue weighted by Crippen LogP contribution is -2.39. The molecule has 1 fully saturated rings. The van der Waals surface area contributed by atoms with Gasteiger partial charge in [-0.2, -0.15) is 0 Å². The monoisotopic (exact) mass is 259 g/mol. The van der Waals surface area contributed by atoms with Gasteiger partial charge in [0.1, 0.15) is 5.82 Å². The molecule has 2 aromatic rings. The second kappa shape index (κ2) is 5.31. The van der Waals surface area contributed by atoms with Gasteiger partial charge in [0, 0.05) is 26.6 Å². The van der Waals surface area contributed by atoms with E-state index in [2.05, 4.69) is 47.0 Å². The summed E-state index contributed by atoms with van der Waals surface area (Å²) in [6, 6.07) is 6.55. The van der Waals surface area contributed by atoms with Gasteiger partial charge in [-0.25, -0.2) is 4.98 Å². The molecule has 0 saturated carbocycles. The summed E-state index contributed by atoms with van der Waals surface area (Å²) in [4.78, 5) is 4.64. The van der Waals surface area contributed by atoms with Gasteiger partial charge in [-0.1, -0.05) is 13.0 Å². The Balaban J connectivity index is 1.86. The molecular formula is C15H21N3O. The van der Waals surface area contributed by atoms with Crippen molar-refractivity contribution in [2.75, 3.05) is 19.7 Å². The van der Waals surface area contributed by atoms with Crippen LogP contribution in [-0.2, 0) is 24.6 Å². The predicted octanol–water partition coefficient (Wildman–Crippen LogP) is 1.67. The summed E-state index contributed by atoms with van der Waals surface area (Å²) in [7, 11) is 2.09. The number of rotatable bonds is 3. The number of aryl methyl sites for hydroxylation is 2. The van der Waals surface area contributed by atoms with Crippen LogP contribution in [0.1, 0.15) is 18.3 Å². The molecule has 0 spiro atoms. The zero-order valence-corrected chi connectivity index (χ0v) is 11.6. The van der Waals surface area contributed by atoms with Gasteiger partial charge in [-0.05, 0) is 24.1 Å². The zero-order valence-electron chi connectivity index (χ0n) is 11.6. The van der Waals surface area contributed by atoms with Gasteiger partial charge in [0.25, 0.3) is 0 Å². The van der Waals surface area contributed by atoms with Crippen molar-refractivity contribution in [3.8, 4) is 0 Å². The number of aromatic nitrogens is 2. The highest BCUT2D eigenvalue weighted by molar-refractivity contribution is 5.76. The maximum absolute atomic E-state index is 5.77. The highest BCUT2D eigenvalue weighted by atomic mass is 16.5. The molecule has 0 bridgehead atoms. The maximum atomic E-state index is 5.77. The number of morpholine rings is 1. The first kappa shape index (κ1) is 12.6. The first-order chi connectivity index (χ1) is 9.28. The van der Waals surface area contributed by atoms with E-state index < -0.39 is 0 Å². The van der Waals surface area contributed by atoms with Crippen molar-refractivity contribution < 1.29 is 4.74 Å². The minimum atomic E-state index is 0.296. The topological polar surface area (TPSA) is 39.1 Å². The smallest absolute Gasteiger partial charge is 0.109 e. The van der Waals surface area contributed by atoms with Gasteiger partial charge in [-0.15, -0.1) is 0 Å². The third kappa shape index (κ3) is 2.51. The van der Waals surface area contributed by atoms with Crippen molar-refractivity contribution in [2.24, 2.45) is 7.05 Å². The van der Waals surface area contributed by atoms with Crippen LogP contribution in [0, 0.1) is 0 Å². The molecule has 1 saturated heterocycles. The Bertz CT molecular complexity index is 570. The maximum Gasteiger partial charge on any atom is 0.109 e. The Kier molecular flexibility index (Phi) is 3.53. The Morgan fingerprint density at radius 2 is 2.37 bits per heavy atom. The van der Waals surface area contributed by atoms with Crippen LogP contribution in [0.4, 0.5) is 0 Å². The first-order valence-corrected chi connectivity index (χ1v) is 7.04. The number of benzene rings is 1. The lowest BCUT2D eigenvalue weighted by molar-refractivity contribution is 0.0292. The Morgan fingerprint density at radius 3 is 3.11 bits per heavy atom. The largest absolute Gasteiger partial charge is 0.375 e. The lowest BCUT2D eigenvalue weighted by atomic mass is 10.1. The molecule has 4 heteroatoms. The molecule has 0 amide bonds. The number of hydrogen-bond acceptors (Lipinski definition) is 3. The zero-order chi connectivity index (χ0) is 13.2. The van der Waals surface area contributed by atoms with Crippen LogP contribution >= 0.6 is 0 Å². The normalized spacial score (nSPS) is 20.0. The average Bonchev–Trinajstić information content (AvgIpc) is 2.77. The van der Waals surface area contributed by atoms with E-state index >= 15 is 0 Å². The van der Waals surface area contributed by atoms with Crippen LogP contribution in [0.3, 0.4) is 0 Å². The molecule has 1 atom stereocenters. The molecule has 19 heavy (non-hydrogen) atoms. The molecule has 1 unspecified atom stereocenters. The molecule has 4 nitrogen and oxygen atoms in total. The Labute approximate surface area is 113 Å². The fraction of sp³-hybridized carbons (Fsp3) is 0.533. The van der Waals surface area contributed by atoms with Gasteiger partial charge in [-0.3, -0.25) is 0 Å². The number of hydrogen-bond donors (Lipinski definition) is 1. The van der Waals surface area contributed by atoms with Crippen LogP contribution in [0.15, 0.2) is 18.2 Å². The van der Waals surface area contributed by atoms with Crippen LogP contribution in [0.25, 0.3) is 11.0 Å². The van der Waals surface area contributed by atoms with Crippen LogP contribution in [0.5, 0.6) is 0 Å². The molecular weight excluding hydrogens is 238 g/mol. The molecule has 1 aliphatic heterocycles. The van der Waals surface area contributed by atoms with E-state index in [1.165, 1.54) is 11.1 Å². The number of imidazole rings is 1. The van der Waals surface area contributed by atoms with Crippen molar-refractivity contribution in [1.82, 2.24) is 14.9 Å². The third-order valence-corrected chi connectivity index (χ3v) is 3.82. The highest BCUT2D eigenvalue weighted by Crippen LogP contribution is 2.19. The first-order valence-electron chi connectivity index (χ1n) is 7.04. The average molecular weight is 259 g/mol. The van der Waals surface area contributed by atoms with Crippen molar-refractivity contribution in [2.45, 2.75) is 25.9 Å². The molecule has 102 valence electrons. The molecule has 1 N–H and O–H groups in total. The molecule has 1 aromatic carbocycles. The van der Waals surface area contributed by atoms with E-state index in [4.69, 9.17) is 4.74 Å². The molecule has 3 rings (SSSR count). The van der Waals surface area contributed by atoms with Crippen LogP contribution in [-0.4, -0.2) is 35.4 Å². The van der Waals surface area contributed by atoms with Crippen molar-refractivity contribution in [1.29, 1.82) is 0 Å². The minimum Gasteiger partial charge on any atom is -0.375 e. The summed E-state index contributed by atoms with van der Waals surface area (Å²) in [5.74, 6) is 1.14. The van der Waals surface area contributed by atoms with Gasteiger partial charge >= 0.3 is 0 Å². The minimum absolute atomic E-state index is 0.296. The van der Waals surface area contributed by atoms with Crippen molar-refractivity contribution >= 4 is 11.0 Å². The summed E-state index contributed by atoms with van der Waals surface area (Å²) in [5.41, 5.74) is 3.63. The second-order valence-electron chi connectivity index (χ2n) is 5.16. The van der Waals surface area contributed by atoms with E-state index in [0.717, 1.165) is 43.9 Å². The molecule has 1 aromatic heterocycles. The number of nitrogens with one attached hydrogen (secondary N) is 1. The van der Waals surface area contributed by atoms with Gasteiger partial charge in [0.2, 0.25) is 0 Å². The highest BCUT2D eigenvalue weighted by Gasteiger charge is 2.15. The molecule has 2 heterocycles. The van der Waals surface area contributed by atoms with Gasteiger partial charge in [0.15, 0.2) is 0 Å². The summed E-state index contributed by atoms with van der Waals surface area (Å²) < 4.78 is 7.96. The summed E-state index contributed by atoms with van der Waals surface area (Å²) >= 11 is 0. The predicted molar refractivity (Wildman–Crippen MR) is 76.4 cm³/mol. The van der Waals surface area contributed by atoms with E-state index in [1.807, 2.05) is 0 Å². The number of ether oxygens (including phenoxy) is 1. The van der Waals surface area contributed by atoms with Crippen LogP contribution in [0.2, 0.25) is 0 Å². The van der Waals surface area contributed by atoms with Crippen molar-refractivity contribution in [3.63, 3.8) is 0 Å². The summed E-state index contributed by atoms with van der Waals surface area (Å²) in [6.45, 7) is 4.88. The fourth-order valence-corrected chi connectivity index (χ4v) is 2.74. The quantitative estimate of drug-likeness (QED) is 0.911. The standard InChI is InChI=1S/C15H21N3O/c1-3-15-17-13-5-4-11(9-14(13)18(15)2)8-12-10-16-6-7-19-12/h4-5,9,12,16H,3,6-8,10H2,1-2H3. The lowest BCUT2D eigenvalue weighted by Gasteiger charge is -2.23. The number of fused-ring (bicyclic) bond motifs is 1. The third-order valence-electron chi connectivity index (χ3n) is 3.82.